The van der Waals surface area contributed by atoms with Crippen LogP contribution in [0.2, 0.25) is 5.15 Å². The zero-order chi connectivity index (χ0) is 21.7. The number of benzene rings is 1. The van der Waals surface area contributed by atoms with Gasteiger partial charge in [0.1, 0.15) is 5.15 Å². The van der Waals surface area contributed by atoms with Crippen LogP contribution < -0.4 is 5.32 Å². The van der Waals surface area contributed by atoms with Crippen molar-refractivity contribution in [2.24, 2.45) is 0 Å². The van der Waals surface area contributed by atoms with Crippen molar-refractivity contribution in [3.05, 3.63) is 57.9 Å². The van der Waals surface area contributed by atoms with Crippen molar-refractivity contribution < 1.29 is 14.3 Å². The summed E-state index contributed by atoms with van der Waals surface area (Å²) in [6.45, 7) is 5.99. The highest BCUT2D eigenvalue weighted by molar-refractivity contribution is 6.31. The van der Waals surface area contributed by atoms with E-state index in [9.17, 15) is 9.59 Å². The first-order valence-corrected chi connectivity index (χ1v) is 10.7. The molecule has 0 saturated heterocycles. The second-order valence-electron chi connectivity index (χ2n) is 7.84. The molecule has 3 rings (SSSR count). The quantitative estimate of drug-likeness (QED) is 0.528. The van der Waals surface area contributed by atoms with Gasteiger partial charge < -0.3 is 10.1 Å². The predicted octanol–water partition coefficient (Wildman–Crippen LogP) is 4.21. The first-order valence-electron chi connectivity index (χ1n) is 10.3. The van der Waals surface area contributed by atoms with Crippen molar-refractivity contribution in [1.82, 2.24) is 15.1 Å². The minimum atomic E-state index is -0.844. The van der Waals surface area contributed by atoms with Crippen molar-refractivity contribution in [1.29, 1.82) is 0 Å². The highest BCUT2D eigenvalue weighted by Crippen LogP contribution is 2.22. The Kier molecular flexibility index (Phi) is 7.32. The lowest BCUT2D eigenvalue weighted by Crippen LogP contribution is -2.40. The second kappa shape index (κ2) is 9.94. The number of carbonyl (C=O) groups excluding carboxylic acids is 2. The number of nitrogens with zero attached hydrogens (tertiary/aromatic N) is 2. The van der Waals surface area contributed by atoms with Crippen LogP contribution in [-0.4, -0.2) is 33.8 Å². The largest absolute Gasteiger partial charge is 0.449 e. The monoisotopic (exact) mass is 429 g/mol. The van der Waals surface area contributed by atoms with Crippen molar-refractivity contribution in [3.8, 4) is 0 Å². The van der Waals surface area contributed by atoms with Gasteiger partial charge in [0.15, 0.2) is 6.10 Å². The zero-order valence-corrected chi connectivity index (χ0v) is 18.4. The molecule has 1 aliphatic carbocycles. The lowest BCUT2D eigenvalue weighted by Gasteiger charge is -2.16. The predicted molar refractivity (Wildman–Crippen MR) is 117 cm³/mol. The molecule has 1 unspecified atom stereocenters. The summed E-state index contributed by atoms with van der Waals surface area (Å²) in [6, 6.07) is 8.34. The summed E-state index contributed by atoms with van der Waals surface area (Å²) in [5.74, 6) is -0.852. The Hall–Kier alpha value is -2.60. The molecule has 1 amide bonds. The summed E-state index contributed by atoms with van der Waals surface area (Å²) in [4.78, 5) is 24.3. The molecule has 7 heteroatoms. The van der Waals surface area contributed by atoms with E-state index in [-0.39, 0.29) is 11.9 Å². The van der Waals surface area contributed by atoms with Crippen LogP contribution in [0.5, 0.6) is 0 Å². The van der Waals surface area contributed by atoms with Crippen LogP contribution in [0, 0.1) is 13.8 Å². The van der Waals surface area contributed by atoms with Gasteiger partial charge in [0, 0.05) is 17.7 Å². The van der Waals surface area contributed by atoms with E-state index >= 15 is 0 Å². The Labute approximate surface area is 182 Å². The Morgan fingerprint density at radius 3 is 2.60 bits per heavy atom. The molecule has 1 N–H and O–H groups in total. The molecule has 1 aromatic carbocycles. The number of nitrogens with one attached hydrogen (secondary N) is 1. The molecule has 0 radical (unpaired) electrons. The van der Waals surface area contributed by atoms with Gasteiger partial charge in [-0.15, -0.1) is 0 Å². The maximum absolute atomic E-state index is 12.2. The van der Waals surface area contributed by atoms with E-state index in [1.54, 1.807) is 17.7 Å². The molecular formula is C23H28ClN3O3. The van der Waals surface area contributed by atoms with Gasteiger partial charge >= 0.3 is 5.97 Å². The Balaban J connectivity index is 1.59. The zero-order valence-electron chi connectivity index (χ0n) is 17.7. The highest BCUT2D eigenvalue weighted by Gasteiger charge is 2.22. The topological polar surface area (TPSA) is 73.2 Å². The number of esters is 1. The van der Waals surface area contributed by atoms with Crippen LogP contribution in [0.4, 0.5) is 0 Å². The van der Waals surface area contributed by atoms with E-state index in [1.165, 1.54) is 11.6 Å². The van der Waals surface area contributed by atoms with Crippen LogP contribution in [0.1, 0.15) is 55.0 Å². The SMILES string of the molecule is Cc1ccc(Cn2nc(C)c(/C=C/C(=O)OC(C)C(=O)NC3CCCC3)c2Cl)cc1. The van der Waals surface area contributed by atoms with E-state index in [1.807, 2.05) is 38.1 Å². The summed E-state index contributed by atoms with van der Waals surface area (Å²) < 4.78 is 6.93. The minimum Gasteiger partial charge on any atom is -0.449 e. The van der Waals surface area contributed by atoms with Gasteiger partial charge in [0.2, 0.25) is 0 Å². The third-order valence-electron chi connectivity index (χ3n) is 5.31. The fraction of sp³-hybridized carbons (Fsp3) is 0.435. The number of aromatic nitrogens is 2. The van der Waals surface area contributed by atoms with Crippen molar-refractivity contribution in [3.63, 3.8) is 0 Å². The molecule has 1 aromatic heterocycles. The van der Waals surface area contributed by atoms with E-state index in [0.717, 1.165) is 31.2 Å². The fourth-order valence-corrected chi connectivity index (χ4v) is 3.83. The number of rotatable bonds is 7. The summed E-state index contributed by atoms with van der Waals surface area (Å²) in [5.41, 5.74) is 3.64. The third kappa shape index (κ3) is 5.72. The number of hydrogen-bond acceptors (Lipinski definition) is 4. The van der Waals surface area contributed by atoms with Crippen LogP contribution in [-0.2, 0) is 20.9 Å². The highest BCUT2D eigenvalue weighted by atomic mass is 35.5. The van der Waals surface area contributed by atoms with E-state index in [4.69, 9.17) is 16.3 Å². The van der Waals surface area contributed by atoms with Gasteiger partial charge in [-0.1, -0.05) is 54.3 Å². The summed E-state index contributed by atoms with van der Waals surface area (Å²) in [5, 5.41) is 7.85. The normalized spacial score (nSPS) is 15.5. The lowest BCUT2D eigenvalue weighted by molar-refractivity contribution is -0.150. The molecule has 1 atom stereocenters. The molecule has 0 aliphatic heterocycles. The van der Waals surface area contributed by atoms with Gasteiger partial charge in [-0.3, -0.25) is 4.79 Å². The Bertz CT molecular complexity index is 928. The molecule has 1 saturated carbocycles. The molecule has 160 valence electrons. The number of ether oxygens (including phenoxy) is 1. The average Bonchev–Trinajstić information content (AvgIpc) is 3.30. The van der Waals surface area contributed by atoms with Crippen LogP contribution >= 0.6 is 11.6 Å². The van der Waals surface area contributed by atoms with E-state index < -0.39 is 12.1 Å². The standard InChI is InChI=1S/C23H28ClN3O3/c1-15-8-10-18(11-9-15)14-27-22(24)20(16(2)26-27)12-13-21(28)30-17(3)23(29)25-19-6-4-5-7-19/h8-13,17,19H,4-7,14H2,1-3H3,(H,25,29)/b13-12+. The smallest absolute Gasteiger partial charge is 0.331 e. The number of halogens is 1. The first-order chi connectivity index (χ1) is 14.3. The van der Waals surface area contributed by atoms with Gasteiger partial charge in [-0.05, 0) is 45.3 Å². The van der Waals surface area contributed by atoms with Crippen LogP contribution in [0.25, 0.3) is 6.08 Å². The van der Waals surface area contributed by atoms with Gasteiger partial charge in [0.25, 0.3) is 5.91 Å². The molecule has 0 bridgehead atoms. The Morgan fingerprint density at radius 2 is 1.93 bits per heavy atom. The molecule has 1 aliphatic rings. The average molecular weight is 430 g/mol. The Morgan fingerprint density at radius 1 is 1.27 bits per heavy atom. The third-order valence-corrected chi connectivity index (χ3v) is 5.71. The molecule has 0 spiro atoms. The maximum atomic E-state index is 12.2. The van der Waals surface area contributed by atoms with E-state index in [2.05, 4.69) is 10.4 Å². The second-order valence-corrected chi connectivity index (χ2v) is 8.19. The minimum absolute atomic E-state index is 0.190. The molecular weight excluding hydrogens is 402 g/mol. The number of aryl methyl sites for hydroxylation is 2. The lowest BCUT2D eigenvalue weighted by atomic mass is 10.1. The fourth-order valence-electron chi connectivity index (χ4n) is 3.53. The van der Waals surface area contributed by atoms with Crippen LogP contribution in [0.15, 0.2) is 30.3 Å². The van der Waals surface area contributed by atoms with Gasteiger partial charge in [-0.2, -0.15) is 5.10 Å². The summed E-state index contributed by atoms with van der Waals surface area (Å²) in [7, 11) is 0. The van der Waals surface area contributed by atoms with Crippen LogP contribution in [0.3, 0.4) is 0 Å². The van der Waals surface area contributed by atoms with Crippen molar-refractivity contribution in [2.75, 3.05) is 0 Å². The number of carbonyl (C=O) groups is 2. The van der Waals surface area contributed by atoms with E-state index in [0.29, 0.717) is 23.0 Å². The first kappa shape index (κ1) is 22.1. The summed E-state index contributed by atoms with van der Waals surface area (Å²) in [6.07, 6.45) is 6.24. The molecule has 6 nitrogen and oxygen atoms in total. The van der Waals surface area contributed by atoms with Crippen molar-refractivity contribution in [2.45, 2.75) is 65.1 Å². The summed E-state index contributed by atoms with van der Waals surface area (Å²) >= 11 is 6.48. The maximum Gasteiger partial charge on any atom is 0.331 e. The van der Waals surface area contributed by atoms with Gasteiger partial charge in [0.05, 0.1) is 12.2 Å². The molecule has 1 heterocycles. The van der Waals surface area contributed by atoms with Crippen molar-refractivity contribution >= 4 is 29.6 Å². The number of hydrogen-bond donors (Lipinski definition) is 1. The number of amides is 1. The van der Waals surface area contributed by atoms with Gasteiger partial charge in [-0.25, -0.2) is 9.48 Å². The molecule has 2 aromatic rings. The molecule has 30 heavy (non-hydrogen) atoms. The molecule has 1 fully saturated rings.